The van der Waals surface area contributed by atoms with Crippen LogP contribution in [0.3, 0.4) is 0 Å². The van der Waals surface area contributed by atoms with Crippen molar-refractivity contribution in [3.63, 3.8) is 0 Å². The average Bonchev–Trinajstić information content (AvgIpc) is 2.46. The number of ether oxygens (including phenoxy) is 1. The summed E-state index contributed by atoms with van der Waals surface area (Å²) in [7, 11) is 0. The van der Waals surface area contributed by atoms with E-state index in [-0.39, 0.29) is 6.61 Å². The van der Waals surface area contributed by atoms with Gasteiger partial charge in [0.15, 0.2) is 0 Å². The SMILES string of the molecule is OCc1ccc(OCCCc2ccccc2)c(Br)c1. The molecule has 0 unspecified atom stereocenters. The normalized spacial score (nSPS) is 10.4. The van der Waals surface area contributed by atoms with Crippen LogP contribution in [0.5, 0.6) is 5.75 Å². The van der Waals surface area contributed by atoms with E-state index in [1.807, 2.05) is 24.3 Å². The molecule has 0 aromatic heterocycles. The maximum atomic E-state index is 9.03. The number of rotatable bonds is 6. The molecule has 0 amide bonds. The van der Waals surface area contributed by atoms with Gasteiger partial charge in [-0.3, -0.25) is 0 Å². The molecule has 3 heteroatoms. The van der Waals surface area contributed by atoms with Crippen LogP contribution in [0.15, 0.2) is 53.0 Å². The van der Waals surface area contributed by atoms with Crippen molar-refractivity contribution in [1.29, 1.82) is 0 Å². The summed E-state index contributed by atoms with van der Waals surface area (Å²) in [6.45, 7) is 0.735. The molecule has 100 valence electrons. The van der Waals surface area contributed by atoms with Crippen LogP contribution >= 0.6 is 15.9 Å². The summed E-state index contributed by atoms with van der Waals surface area (Å²) < 4.78 is 6.62. The third kappa shape index (κ3) is 4.37. The molecular formula is C16H17BrO2. The Balaban J connectivity index is 1.80. The second kappa shape index (κ2) is 7.31. The maximum absolute atomic E-state index is 9.03. The van der Waals surface area contributed by atoms with Gasteiger partial charge in [0.2, 0.25) is 0 Å². The molecule has 0 radical (unpaired) electrons. The van der Waals surface area contributed by atoms with E-state index in [1.54, 1.807) is 0 Å². The number of halogens is 1. The average molecular weight is 321 g/mol. The molecule has 0 spiro atoms. The highest BCUT2D eigenvalue weighted by molar-refractivity contribution is 9.10. The third-order valence-electron chi connectivity index (χ3n) is 2.89. The molecule has 0 atom stereocenters. The Morgan fingerprint density at radius 1 is 1.00 bits per heavy atom. The summed E-state index contributed by atoms with van der Waals surface area (Å²) in [5, 5.41) is 9.03. The zero-order chi connectivity index (χ0) is 13.5. The molecule has 0 fully saturated rings. The first-order valence-electron chi connectivity index (χ1n) is 6.35. The lowest BCUT2D eigenvalue weighted by molar-refractivity contribution is 0.280. The molecule has 0 aliphatic heterocycles. The number of hydrogen-bond donors (Lipinski definition) is 1. The van der Waals surface area contributed by atoms with Crippen molar-refractivity contribution in [1.82, 2.24) is 0 Å². The minimum Gasteiger partial charge on any atom is -0.492 e. The maximum Gasteiger partial charge on any atom is 0.133 e. The summed E-state index contributed by atoms with van der Waals surface area (Å²) in [6, 6.07) is 16.0. The molecule has 0 saturated heterocycles. The highest BCUT2D eigenvalue weighted by atomic mass is 79.9. The van der Waals surface area contributed by atoms with Crippen LogP contribution in [-0.4, -0.2) is 11.7 Å². The van der Waals surface area contributed by atoms with Crippen molar-refractivity contribution in [2.24, 2.45) is 0 Å². The molecule has 0 aliphatic rings. The Hall–Kier alpha value is -1.32. The van der Waals surface area contributed by atoms with Crippen LogP contribution in [0.1, 0.15) is 17.5 Å². The Labute approximate surface area is 122 Å². The number of hydrogen-bond acceptors (Lipinski definition) is 2. The van der Waals surface area contributed by atoms with Crippen LogP contribution in [-0.2, 0) is 13.0 Å². The van der Waals surface area contributed by atoms with Crippen LogP contribution in [0.2, 0.25) is 0 Å². The molecule has 0 heterocycles. The molecule has 0 aliphatic carbocycles. The summed E-state index contributed by atoms with van der Waals surface area (Å²) in [4.78, 5) is 0. The summed E-state index contributed by atoms with van der Waals surface area (Å²) >= 11 is 3.45. The van der Waals surface area contributed by atoms with Crippen LogP contribution < -0.4 is 4.74 Å². The van der Waals surface area contributed by atoms with Gasteiger partial charge in [0.1, 0.15) is 5.75 Å². The minimum atomic E-state index is 0.0485. The third-order valence-corrected chi connectivity index (χ3v) is 3.51. The molecule has 0 saturated carbocycles. The van der Waals surface area contributed by atoms with Gasteiger partial charge in [-0.1, -0.05) is 36.4 Å². The van der Waals surface area contributed by atoms with Crippen molar-refractivity contribution in [2.45, 2.75) is 19.4 Å². The van der Waals surface area contributed by atoms with Crippen LogP contribution in [0.25, 0.3) is 0 Å². The van der Waals surface area contributed by atoms with E-state index in [4.69, 9.17) is 9.84 Å². The number of benzene rings is 2. The van der Waals surface area contributed by atoms with Crippen molar-refractivity contribution in [3.8, 4) is 5.75 Å². The number of aliphatic hydroxyl groups excluding tert-OH is 1. The standard InChI is InChI=1S/C16H17BrO2/c17-15-11-14(12-18)8-9-16(15)19-10-4-7-13-5-2-1-3-6-13/h1-3,5-6,8-9,11,18H,4,7,10,12H2. The first-order valence-corrected chi connectivity index (χ1v) is 7.15. The zero-order valence-electron chi connectivity index (χ0n) is 10.7. The van der Waals surface area contributed by atoms with Gasteiger partial charge in [-0.25, -0.2) is 0 Å². The van der Waals surface area contributed by atoms with Crippen LogP contribution in [0.4, 0.5) is 0 Å². The molecular weight excluding hydrogens is 304 g/mol. The van der Waals surface area contributed by atoms with Gasteiger partial charge in [-0.05, 0) is 52.0 Å². The quantitative estimate of drug-likeness (QED) is 0.816. The van der Waals surface area contributed by atoms with Crippen molar-refractivity contribution in [2.75, 3.05) is 6.61 Å². The molecule has 1 N–H and O–H groups in total. The summed E-state index contributed by atoms with van der Waals surface area (Å²) in [5.41, 5.74) is 2.21. The zero-order valence-corrected chi connectivity index (χ0v) is 12.3. The Bertz CT molecular complexity index is 511. The fraction of sp³-hybridized carbons (Fsp3) is 0.250. The highest BCUT2D eigenvalue weighted by Crippen LogP contribution is 2.26. The van der Waals surface area contributed by atoms with Gasteiger partial charge >= 0.3 is 0 Å². The first kappa shape index (κ1) is 14.1. The van der Waals surface area contributed by atoms with E-state index in [2.05, 4.69) is 40.2 Å². The minimum absolute atomic E-state index is 0.0485. The number of aryl methyl sites for hydroxylation is 1. The molecule has 2 aromatic carbocycles. The second-order valence-corrected chi connectivity index (χ2v) is 5.21. The first-order chi connectivity index (χ1) is 9.29. The van der Waals surface area contributed by atoms with E-state index in [0.29, 0.717) is 6.61 Å². The van der Waals surface area contributed by atoms with Crippen molar-refractivity contribution in [3.05, 3.63) is 64.1 Å². The van der Waals surface area contributed by atoms with E-state index >= 15 is 0 Å². The predicted molar refractivity (Wildman–Crippen MR) is 80.3 cm³/mol. The molecule has 0 bridgehead atoms. The summed E-state index contributed by atoms with van der Waals surface area (Å²) in [6.07, 6.45) is 2.01. The Kier molecular flexibility index (Phi) is 5.43. The van der Waals surface area contributed by atoms with Gasteiger partial charge in [-0.2, -0.15) is 0 Å². The van der Waals surface area contributed by atoms with Gasteiger partial charge < -0.3 is 9.84 Å². The molecule has 2 aromatic rings. The molecule has 2 nitrogen and oxygen atoms in total. The lowest BCUT2D eigenvalue weighted by Crippen LogP contribution is -2.00. The number of aliphatic hydroxyl groups is 1. The fourth-order valence-corrected chi connectivity index (χ4v) is 2.40. The fourth-order valence-electron chi connectivity index (χ4n) is 1.86. The predicted octanol–water partition coefficient (Wildman–Crippen LogP) is 3.95. The van der Waals surface area contributed by atoms with E-state index in [9.17, 15) is 0 Å². The topological polar surface area (TPSA) is 29.5 Å². The van der Waals surface area contributed by atoms with Gasteiger partial charge in [0.25, 0.3) is 0 Å². The lowest BCUT2D eigenvalue weighted by atomic mass is 10.1. The monoisotopic (exact) mass is 320 g/mol. The highest BCUT2D eigenvalue weighted by Gasteiger charge is 2.02. The second-order valence-electron chi connectivity index (χ2n) is 4.36. The van der Waals surface area contributed by atoms with E-state index < -0.39 is 0 Å². The van der Waals surface area contributed by atoms with E-state index in [1.165, 1.54) is 5.56 Å². The molecule has 19 heavy (non-hydrogen) atoms. The lowest BCUT2D eigenvalue weighted by Gasteiger charge is -2.09. The largest absolute Gasteiger partial charge is 0.492 e. The van der Waals surface area contributed by atoms with Gasteiger partial charge in [0, 0.05) is 0 Å². The van der Waals surface area contributed by atoms with Crippen LogP contribution in [0, 0.1) is 0 Å². The van der Waals surface area contributed by atoms with Crippen molar-refractivity contribution >= 4 is 15.9 Å². The van der Waals surface area contributed by atoms with Gasteiger partial charge in [0.05, 0.1) is 17.7 Å². The van der Waals surface area contributed by atoms with Crippen molar-refractivity contribution < 1.29 is 9.84 Å². The Morgan fingerprint density at radius 2 is 1.79 bits per heavy atom. The molecule has 2 rings (SSSR count). The van der Waals surface area contributed by atoms with E-state index in [0.717, 1.165) is 28.6 Å². The Morgan fingerprint density at radius 3 is 2.47 bits per heavy atom. The summed E-state index contributed by atoms with van der Waals surface area (Å²) in [5.74, 6) is 0.824. The van der Waals surface area contributed by atoms with Gasteiger partial charge in [-0.15, -0.1) is 0 Å². The smallest absolute Gasteiger partial charge is 0.133 e.